The molecule has 1 saturated carbocycles. The van der Waals surface area contributed by atoms with Crippen LogP contribution in [-0.2, 0) is 0 Å². The summed E-state index contributed by atoms with van der Waals surface area (Å²) >= 11 is 9.50. The monoisotopic (exact) mass is 394 g/mol. The second-order valence-corrected chi connectivity index (χ2v) is 7.60. The van der Waals surface area contributed by atoms with E-state index in [0.29, 0.717) is 16.5 Å². The number of hydrogen-bond acceptors (Lipinski definition) is 2. The van der Waals surface area contributed by atoms with Crippen molar-refractivity contribution in [3.63, 3.8) is 0 Å². The highest BCUT2D eigenvalue weighted by Crippen LogP contribution is 2.32. The number of halogens is 2. The molecule has 3 unspecified atom stereocenters. The highest BCUT2D eigenvalue weighted by Gasteiger charge is 2.30. The molecule has 5 heteroatoms. The molecule has 3 nitrogen and oxygen atoms in total. The van der Waals surface area contributed by atoms with Gasteiger partial charge in [-0.25, -0.2) is 0 Å². The highest BCUT2D eigenvalue weighted by atomic mass is 79.9. The average Bonchev–Trinajstić information content (AvgIpc) is 2.87. The maximum Gasteiger partial charge on any atom is 0.251 e. The van der Waals surface area contributed by atoms with Crippen molar-refractivity contribution in [2.45, 2.75) is 44.7 Å². The second kappa shape index (κ2) is 7.18. The van der Waals surface area contributed by atoms with Gasteiger partial charge in [-0.3, -0.25) is 9.79 Å². The molecule has 3 rings (SSSR count). The third-order valence-corrected chi connectivity index (χ3v) is 5.40. The molecule has 1 aromatic carbocycles. The Morgan fingerprint density at radius 3 is 2.70 bits per heavy atom. The molecule has 0 bridgehead atoms. The van der Waals surface area contributed by atoms with E-state index in [1.54, 1.807) is 24.3 Å². The van der Waals surface area contributed by atoms with Gasteiger partial charge in [-0.05, 0) is 72.5 Å². The molecule has 1 N–H and O–H groups in total. The summed E-state index contributed by atoms with van der Waals surface area (Å²) < 4.78 is 1.12. The first-order chi connectivity index (χ1) is 11.0. The van der Waals surface area contributed by atoms with Crippen molar-refractivity contribution in [3.8, 4) is 0 Å². The number of nitrogens with zero attached hydrogens (tertiary/aromatic N) is 1. The van der Waals surface area contributed by atoms with Gasteiger partial charge in [0.2, 0.25) is 0 Å². The van der Waals surface area contributed by atoms with E-state index < -0.39 is 0 Å². The lowest BCUT2D eigenvalue weighted by molar-refractivity contribution is 0.0924. The van der Waals surface area contributed by atoms with E-state index >= 15 is 0 Å². The molecule has 0 aromatic heterocycles. The molecular formula is C18H20BrClN2O. The minimum atomic E-state index is -0.0244. The third-order valence-electron chi connectivity index (χ3n) is 4.48. The van der Waals surface area contributed by atoms with Gasteiger partial charge in [0.15, 0.2) is 0 Å². The Morgan fingerprint density at radius 2 is 2.04 bits per heavy atom. The lowest BCUT2D eigenvalue weighted by Gasteiger charge is -2.30. The van der Waals surface area contributed by atoms with E-state index in [-0.39, 0.29) is 18.0 Å². The first-order valence-corrected chi connectivity index (χ1v) is 9.22. The molecule has 1 amide bonds. The van der Waals surface area contributed by atoms with Gasteiger partial charge in [-0.1, -0.05) is 18.0 Å². The fourth-order valence-electron chi connectivity index (χ4n) is 3.36. The number of allylic oxidation sites excluding steroid dienone is 1. The Bertz CT molecular complexity index is 653. The number of carbonyl (C=O) groups excluding carboxylic acids is 1. The molecule has 1 aliphatic heterocycles. The minimum absolute atomic E-state index is 0.0244. The van der Waals surface area contributed by atoms with Gasteiger partial charge < -0.3 is 5.32 Å². The molecule has 2 aliphatic rings. The fourth-order valence-corrected chi connectivity index (χ4v) is 4.29. The van der Waals surface area contributed by atoms with Crippen molar-refractivity contribution >= 4 is 39.1 Å². The van der Waals surface area contributed by atoms with Crippen LogP contribution in [0.3, 0.4) is 0 Å². The standard InChI is InChI=1S/C18H20BrClN2O/c1-11-9-16(19)17(21-11)13-3-2-4-15(10-13)22-18(23)12-5-7-14(20)8-6-12/h5-9,11,13,15H,2-4,10H2,1H3,(H,22,23). The number of aliphatic imine (C=N–C) groups is 1. The van der Waals surface area contributed by atoms with E-state index in [0.717, 1.165) is 30.2 Å². The van der Waals surface area contributed by atoms with Crippen LogP contribution in [0.5, 0.6) is 0 Å². The Balaban J connectivity index is 1.63. The van der Waals surface area contributed by atoms with Gasteiger partial charge in [0.25, 0.3) is 5.91 Å². The van der Waals surface area contributed by atoms with Gasteiger partial charge in [-0.2, -0.15) is 0 Å². The molecule has 1 fully saturated rings. The predicted octanol–water partition coefficient (Wildman–Crippen LogP) is 4.75. The SMILES string of the molecule is CC1C=C(Br)C(C2CCCC(NC(=O)c3ccc(Cl)cc3)C2)=N1. The molecule has 23 heavy (non-hydrogen) atoms. The van der Waals surface area contributed by atoms with Gasteiger partial charge in [0.1, 0.15) is 0 Å². The Morgan fingerprint density at radius 1 is 1.30 bits per heavy atom. The fraction of sp³-hybridized carbons (Fsp3) is 0.444. The molecule has 0 saturated heterocycles. The normalized spacial score (nSPS) is 27.3. The Hall–Kier alpha value is -1.13. The summed E-state index contributed by atoms with van der Waals surface area (Å²) in [6, 6.07) is 7.48. The van der Waals surface area contributed by atoms with Crippen molar-refractivity contribution < 1.29 is 4.79 Å². The lowest BCUT2D eigenvalue weighted by Crippen LogP contribution is -2.39. The number of hydrogen-bond donors (Lipinski definition) is 1. The highest BCUT2D eigenvalue weighted by molar-refractivity contribution is 9.12. The maximum absolute atomic E-state index is 12.4. The largest absolute Gasteiger partial charge is 0.349 e. The third kappa shape index (κ3) is 4.04. The van der Waals surface area contributed by atoms with Crippen molar-refractivity contribution in [2.24, 2.45) is 10.9 Å². The predicted molar refractivity (Wildman–Crippen MR) is 98.6 cm³/mol. The number of nitrogens with one attached hydrogen (secondary N) is 1. The summed E-state index contributed by atoms with van der Waals surface area (Å²) in [5.41, 5.74) is 1.83. The number of rotatable bonds is 3. The zero-order chi connectivity index (χ0) is 16.4. The molecule has 1 aliphatic carbocycles. The van der Waals surface area contributed by atoms with Crippen LogP contribution in [0.25, 0.3) is 0 Å². The van der Waals surface area contributed by atoms with E-state index in [1.165, 1.54) is 5.71 Å². The molecule has 1 heterocycles. The van der Waals surface area contributed by atoms with Gasteiger partial charge in [0.05, 0.1) is 11.8 Å². The van der Waals surface area contributed by atoms with Crippen molar-refractivity contribution in [3.05, 3.63) is 45.4 Å². The van der Waals surface area contributed by atoms with Crippen molar-refractivity contribution in [1.82, 2.24) is 5.32 Å². The van der Waals surface area contributed by atoms with Crippen LogP contribution in [-0.4, -0.2) is 23.7 Å². The topological polar surface area (TPSA) is 41.5 Å². The number of carbonyl (C=O) groups is 1. The van der Waals surface area contributed by atoms with Gasteiger partial charge >= 0.3 is 0 Å². The molecule has 122 valence electrons. The maximum atomic E-state index is 12.4. The summed E-state index contributed by atoms with van der Waals surface area (Å²) in [5, 5.41) is 3.81. The number of amides is 1. The van der Waals surface area contributed by atoms with Crippen LogP contribution in [0.2, 0.25) is 5.02 Å². The second-order valence-electron chi connectivity index (χ2n) is 6.31. The van der Waals surface area contributed by atoms with E-state index in [2.05, 4.69) is 34.2 Å². The summed E-state index contributed by atoms with van der Waals surface area (Å²) in [6.07, 6.45) is 6.38. The number of benzene rings is 1. The van der Waals surface area contributed by atoms with E-state index in [1.807, 2.05) is 0 Å². The lowest BCUT2D eigenvalue weighted by atomic mass is 9.82. The molecule has 0 radical (unpaired) electrons. The zero-order valence-electron chi connectivity index (χ0n) is 13.1. The molecule has 3 atom stereocenters. The van der Waals surface area contributed by atoms with E-state index in [4.69, 9.17) is 16.6 Å². The summed E-state index contributed by atoms with van der Waals surface area (Å²) in [7, 11) is 0. The average molecular weight is 396 g/mol. The molecular weight excluding hydrogens is 376 g/mol. The van der Waals surface area contributed by atoms with Crippen LogP contribution in [0.1, 0.15) is 43.0 Å². The van der Waals surface area contributed by atoms with Crippen LogP contribution >= 0.6 is 27.5 Å². The molecule has 1 aromatic rings. The van der Waals surface area contributed by atoms with Gasteiger partial charge in [-0.15, -0.1) is 0 Å². The molecule has 0 spiro atoms. The van der Waals surface area contributed by atoms with Crippen molar-refractivity contribution in [2.75, 3.05) is 0 Å². The van der Waals surface area contributed by atoms with Crippen LogP contribution < -0.4 is 5.32 Å². The van der Waals surface area contributed by atoms with Gasteiger partial charge in [0, 0.05) is 27.0 Å². The quantitative estimate of drug-likeness (QED) is 0.788. The zero-order valence-corrected chi connectivity index (χ0v) is 15.4. The smallest absolute Gasteiger partial charge is 0.251 e. The Labute approximate surface area is 150 Å². The first-order valence-electron chi connectivity index (χ1n) is 8.04. The van der Waals surface area contributed by atoms with Crippen LogP contribution in [0.4, 0.5) is 0 Å². The van der Waals surface area contributed by atoms with E-state index in [9.17, 15) is 4.79 Å². The summed E-state index contributed by atoms with van der Waals surface area (Å²) in [6.45, 7) is 2.09. The van der Waals surface area contributed by atoms with Crippen LogP contribution in [0.15, 0.2) is 39.8 Å². The van der Waals surface area contributed by atoms with Crippen LogP contribution in [0, 0.1) is 5.92 Å². The van der Waals surface area contributed by atoms with Crippen molar-refractivity contribution in [1.29, 1.82) is 0 Å². The Kier molecular flexibility index (Phi) is 5.22. The first kappa shape index (κ1) is 16.7. The minimum Gasteiger partial charge on any atom is -0.349 e. The summed E-state index contributed by atoms with van der Waals surface area (Å²) in [5.74, 6) is 0.401. The summed E-state index contributed by atoms with van der Waals surface area (Å²) in [4.78, 5) is 17.1.